The molecule has 0 radical (unpaired) electrons. The van der Waals surface area contributed by atoms with Crippen molar-refractivity contribution in [2.45, 2.75) is 0 Å². The number of piperazine rings is 1. The van der Waals surface area contributed by atoms with E-state index >= 15 is 0 Å². The van der Waals surface area contributed by atoms with Crippen molar-refractivity contribution in [3.05, 3.63) is 12.8 Å². The Morgan fingerprint density at radius 2 is 2.25 bits per heavy atom. The molecule has 0 spiro atoms. The molecule has 0 aromatic heterocycles. The summed E-state index contributed by atoms with van der Waals surface area (Å²) in [6.45, 7) is 7.29. The van der Waals surface area contributed by atoms with E-state index in [2.05, 4.69) is 17.2 Å². The second kappa shape index (κ2) is 4.77. The SMILES string of the molecule is C=CNCC(=O)N1CCNCC1. The van der Waals surface area contributed by atoms with Gasteiger partial charge in [0.15, 0.2) is 0 Å². The molecule has 2 N–H and O–H groups in total. The minimum Gasteiger partial charge on any atom is -0.383 e. The lowest BCUT2D eigenvalue weighted by Crippen LogP contribution is -2.48. The molecule has 4 nitrogen and oxygen atoms in total. The zero-order valence-corrected chi connectivity index (χ0v) is 7.18. The summed E-state index contributed by atoms with van der Waals surface area (Å²) in [6, 6.07) is 0. The topological polar surface area (TPSA) is 44.4 Å². The van der Waals surface area contributed by atoms with Crippen molar-refractivity contribution in [2.75, 3.05) is 32.7 Å². The molecule has 4 heteroatoms. The van der Waals surface area contributed by atoms with Gasteiger partial charge in [0.05, 0.1) is 6.54 Å². The monoisotopic (exact) mass is 169 g/mol. The van der Waals surface area contributed by atoms with Crippen molar-refractivity contribution < 1.29 is 4.79 Å². The summed E-state index contributed by atoms with van der Waals surface area (Å²) in [4.78, 5) is 13.2. The van der Waals surface area contributed by atoms with Crippen LogP contribution >= 0.6 is 0 Å². The van der Waals surface area contributed by atoms with Crippen LogP contribution in [0.1, 0.15) is 0 Å². The fourth-order valence-electron chi connectivity index (χ4n) is 1.19. The molecule has 0 unspecified atom stereocenters. The van der Waals surface area contributed by atoms with Gasteiger partial charge in [-0.3, -0.25) is 4.79 Å². The molecule has 1 aliphatic heterocycles. The van der Waals surface area contributed by atoms with E-state index in [-0.39, 0.29) is 5.91 Å². The third-order valence-electron chi connectivity index (χ3n) is 1.87. The molecule has 0 saturated carbocycles. The Morgan fingerprint density at radius 1 is 1.58 bits per heavy atom. The van der Waals surface area contributed by atoms with Crippen LogP contribution in [0.4, 0.5) is 0 Å². The number of amides is 1. The van der Waals surface area contributed by atoms with Gasteiger partial charge in [0.25, 0.3) is 0 Å². The largest absolute Gasteiger partial charge is 0.383 e. The molecule has 1 fully saturated rings. The quantitative estimate of drug-likeness (QED) is 0.578. The molecule has 1 amide bonds. The smallest absolute Gasteiger partial charge is 0.241 e. The maximum atomic E-state index is 11.3. The molecule has 1 aliphatic rings. The standard InChI is InChI=1S/C8H15N3O/c1-2-9-7-8(12)11-5-3-10-4-6-11/h2,9-10H,1,3-7H2. The number of carbonyl (C=O) groups is 1. The molecular formula is C8H15N3O. The summed E-state index contributed by atoms with van der Waals surface area (Å²) in [6.07, 6.45) is 1.54. The second-order valence-electron chi connectivity index (χ2n) is 2.72. The molecule has 0 aliphatic carbocycles. The van der Waals surface area contributed by atoms with Crippen LogP contribution in [0, 0.1) is 0 Å². The van der Waals surface area contributed by atoms with Crippen molar-refractivity contribution in [1.29, 1.82) is 0 Å². The van der Waals surface area contributed by atoms with E-state index < -0.39 is 0 Å². The highest BCUT2D eigenvalue weighted by atomic mass is 16.2. The summed E-state index contributed by atoms with van der Waals surface area (Å²) in [5.74, 6) is 0.149. The Balaban J connectivity index is 2.24. The van der Waals surface area contributed by atoms with Crippen LogP contribution in [0.25, 0.3) is 0 Å². The maximum absolute atomic E-state index is 11.3. The summed E-state index contributed by atoms with van der Waals surface area (Å²) in [5, 5.41) is 5.99. The molecule has 0 atom stereocenters. The van der Waals surface area contributed by atoms with Crippen molar-refractivity contribution in [1.82, 2.24) is 15.5 Å². The van der Waals surface area contributed by atoms with Gasteiger partial charge in [-0.2, -0.15) is 0 Å². The lowest BCUT2D eigenvalue weighted by molar-refractivity contribution is -0.130. The lowest BCUT2D eigenvalue weighted by atomic mass is 10.3. The minimum absolute atomic E-state index is 0.149. The van der Waals surface area contributed by atoms with Crippen LogP contribution in [-0.4, -0.2) is 43.5 Å². The first-order valence-corrected chi connectivity index (χ1v) is 4.17. The summed E-state index contributed by atoms with van der Waals surface area (Å²) >= 11 is 0. The van der Waals surface area contributed by atoms with Gasteiger partial charge in [0.1, 0.15) is 0 Å². The predicted octanol–water partition coefficient (Wildman–Crippen LogP) is -0.849. The average Bonchev–Trinajstić information content (AvgIpc) is 2.15. The summed E-state index contributed by atoms with van der Waals surface area (Å²) in [5.41, 5.74) is 0. The van der Waals surface area contributed by atoms with E-state index in [0.717, 1.165) is 26.2 Å². The number of nitrogens with zero attached hydrogens (tertiary/aromatic N) is 1. The summed E-state index contributed by atoms with van der Waals surface area (Å²) < 4.78 is 0. The molecule has 68 valence electrons. The van der Waals surface area contributed by atoms with E-state index in [1.807, 2.05) is 4.90 Å². The number of nitrogens with one attached hydrogen (secondary N) is 2. The number of hydrogen-bond acceptors (Lipinski definition) is 3. The second-order valence-corrected chi connectivity index (χ2v) is 2.72. The van der Waals surface area contributed by atoms with Crippen molar-refractivity contribution >= 4 is 5.91 Å². The minimum atomic E-state index is 0.149. The third-order valence-corrected chi connectivity index (χ3v) is 1.87. The molecule has 12 heavy (non-hydrogen) atoms. The average molecular weight is 169 g/mol. The van der Waals surface area contributed by atoms with Crippen LogP contribution < -0.4 is 10.6 Å². The Bertz CT molecular complexity index is 164. The highest BCUT2D eigenvalue weighted by Crippen LogP contribution is 1.91. The van der Waals surface area contributed by atoms with Crippen LogP contribution in [-0.2, 0) is 4.79 Å². The van der Waals surface area contributed by atoms with Gasteiger partial charge >= 0.3 is 0 Å². The zero-order chi connectivity index (χ0) is 8.81. The maximum Gasteiger partial charge on any atom is 0.241 e. The van der Waals surface area contributed by atoms with Crippen LogP contribution in [0.2, 0.25) is 0 Å². The van der Waals surface area contributed by atoms with E-state index in [4.69, 9.17) is 0 Å². The molecular weight excluding hydrogens is 154 g/mol. The highest BCUT2D eigenvalue weighted by molar-refractivity contribution is 5.78. The Hall–Kier alpha value is -1.03. The van der Waals surface area contributed by atoms with Crippen molar-refractivity contribution in [3.63, 3.8) is 0 Å². The zero-order valence-electron chi connectivity index (χ0n) is 7.18. The van der Waals surface area contributed by atoms with Crippen molar-refractivity contribution in [3.8, 4) is 0 Å². The van der Waals surface area contributed by atoms with Crippen LogP contribution in [0.5, 0.6) is 0 Å². The number of carbonyl (C=O) groups excluding carboxylic acids is 1. The summed E-state index contributed by atoms with van der Waals surface area (Å²) in [7, 11) is 0. The molecule has 1 rings (SSSR count). The van der Waals surface area contributed by atoms with E-state index in [1.165, 1.54) is 0 Å². The van der Waals surface area contributed by atoms with Gasteiger partial charge in [0, 0.05) is 26.2 Å². The van der Waals surface area contributed by atoms with Gasteiger partial charge in [-0.15, -0.1) is 0 Å². The van der Waals surface area contributed by atoms with Gasteiger partial charge in [-0.1, -0.05) is 6.58 Å². The van der Waals surface area contributed by atoms with E-state index in [0.29, 0.717) is 6.54 Å². The highest BCUT2D eigenvalue weighted by Gasteiger charge is 2.14. The van der Waals surface area contributed by atoms with E-state index in [1.54, 1.807) is 6.20 Å². The molecule has 0 aromatic carbocycles. The Labute approximate surface area is 72.6 Å². The first kappa shape index (κ1) is 9.06. The van der Waals surface area contributed by atoms with Crippen LogP contribution in [0.3, 0.4) is 0 Å². The number of hydrogen-bond donors (Lipinski definition) is 2. The van der Waals surface area contributed by atoms with Gasteiger partial charge < -0.3 is 15.5 Å². The van der Waals surface area contributed by atoms with Crippen molar-refractivity contribution in [2.24, 2.45) is 0 Å². The first-order valence-electron chi connectivity index (χ1n) is 4.17. The Morgan fingerprint density at radius 3 is 2.83 bits per heavy atom. The van der Waals surface area contributed by atoms with E-state index in [9.17, 15) is 4.79 Å². The lowest BCUT2D eigenvalue weighted by Gasteiger charge is -2.27. The third kappa shape index (κ3) is 2.54. The molecule has 1 heterocycles. The Kier molecular flexibility index (Phi) is 3.60. The molecule has 0 bridgehead atoms. The van der Waals surface area contributed by atoms with Gasteiger partial charge in [-0.25, -0.2) is 0 Å². The number of rotatable bonds is 3. The van der Waals surface area contributed by atoms with Crippen LogP contribution in [0.15, 0.2) is 12.8 Å². The molecule has 1 saturated heterocycles. The predicted molar refractivity (Wildman–Crippen MR) is 47.6 cm³/mol. The van der Waals surface area contributed by atoms with Gasteiger partial charge in [-0.05, 0) is 6.20 Å². The normalized spacial score (nSPS) is 17.2. The first-order chi connectivity index (χ1) is 5.84. The fraction of sp³-hybridized carbons (Fsp3) is 0.625. The fourth-order valence-corrected chi connectivity index (χ4v) is 1.19. The molecule has 0 aromatic rings. The van der Waals surface area contributed by atoms with Gasteiger partial charge in [0.2, 0.25) is 5.91 Å².